The Labute approximate surface area is 119 Å². The van der Waals surface area contributed by atoms with Crippen molar-refractivity contribution in [2.45, 2.75) is 25.0 Å². The second kappa shape index (κ2) is 6.35. The maximum atomic E-state index is 10.2. The summed E-state index contributed by atoms with van der Waals surface area (Å²) in [4.78, 5) is 0. The van der Waals surface area contributed by atoms with Gasteiger partial charge in [-0.1, -0.05) is 36.4 Å². The highest BCUT2D eigenvalue weighted by Gasteiger charge is 2.16. The molecule has 2 aromatic carbocycles. The number of aliphatic hydroxyl groups is 1. The molecule has 0 bridgehead atoms. The minimum absolute atomic E-state index is 0.207. The van der Waals surface area contributed by atoms with Gasteiger partial charge >= 0.3 is 0 Å². The molecule has 1 N–H and O–H groups in total. The van der Waals surface area contributed by atoms with Gasteiger partial charge in [0.05, 0.1) is 19.3 Å². The van der Waals surface area contributed by atoms with Gasteiger partial charge in [0.2, 0.25) is 0 Å². The van der Waals surface area contributed by atoms with Crippen LogP contribution in [-0.4, -0.2) is 31.0 Å². The van der Waals surface area contributed by atoms with Crippen LogP contribution in [0.25, 0.3) is 10.8 Å². The van der Waals surface area contributed by atoms with Crippen LogP contribution >= 0.6 is 0 Å². The standard InChI is InChI=1S/C17H20O3/c18-17(12-19-11-16-6-3-9-20-16)15-8-7-13-4-1-2-5-14(13)10-15/h1-2,4-5,7-8,10,16-18H,3,6,9,11-12H2. The zero-order valence-corrected chi connectivity index (χ0v) is 11.5. The quantitative estimate of drug-likeness (QED) is 0.909. The van der Waals surface area contributed by atoms with Gasteiger partial charge in [0.1, 0.15) is 6.10 Å². The van der Waals surface area contributed by atoms with E-state index in [2.05, 4.69) is 12.1 Å². The van der Waals surface area contributed by atoms with Crippen molar-refractivity contribution in [1.82, 2.24) is 0 Å². The summed E-state index contributed by atoms with van der Waals surface area (Å²) in [5, 5.41) is 12.5. The molecule has 0 radical (unpaired) electrons. The van der Waals surface area contributed by atoms with Gasteiger partial charge in [0, 0.05) is 6.61 Å². The lowest BCUT2D eigenvalue weighted by Crippen LogP contribution is -2.17. The van der Waals surface area contributed by atoms with E-state index in [1.165, 1.54) is 5.39 Å². The minimum Gasteiger partial charge on any atom is -0.386 e. The monoisotopic (exact) mass is 272 g/mol. The number of fused-ring (bicyclic) bond motifs is 1. The maximum Gasteiger partial charge on any atom is 0.102 e. The first kappa shape index (κ1) is 13.6. The Bertz CT molecular complexity index is 561. The zero-order valence-electron chi connectivity index (χ0n) is 11.5. The first-order chi connectivity index (χ1) is 9.83. The van der Waals surface area contributed by atoms with Crippen LogP contribution in [0.1, 0.15) is 24.5 Å². The molecule has 2 atom stereocenters. The van der Waals surface area contributed by atoms with Crippen molar-refractivity contribution >= 4 is 10.8 Å². The lowest BCUT2D eigenvalue weighted by molar-refractivity contribution is -0.0176. The van der Waals surface area contributed by atoms with Crippen LogP contribution in [0.15, 0.2) is 42.5 Å². The molecule has 1 aliphatic rings. The van der Waals surface area contributed by atoms with Gasteiger partial charge in [-0.3, -0.25) is 0 Å². The summed E-state index contributed by atoms with van der Waals surface area (Å²) in [6, 6.07) is 14.2. The molecule has 106 valence electrons. The number of aliphatic hydroxyl groups excluding tert-OH is 1. The molecule has 0 amide bonds. The maximum absolute atomic E-state index is 10.2. The third-order valence-electron chi connectivity index (χ3n) is 3.76. The molecule has 20 heavy (non-hydrogen) atoms. The predicted octanol–water partition coefficient (Wildman–Crippen LogP) is 3.07. The van der Waals surface area contributed by atoms with E-state index in [9.17, 15) is 5.11 Å². The third-order valence-corrected chi connectivity index (χ3v) is 3.76. The molecule has 3 heteroatoms. The Kier molecular flexibility index (Phi) is 4.31. The molecule has 0 aliphatic carbocycles. The van der Waals surface area contributed by atoms with Crippen LogP contribution in [0.3, 0.4) is 0 Å². The summed E-state index contributed by atoms with van der Waals surface area (Å²) in [6.45, 7) is 1.73. The van der Waals surface area contributed by atoms with Gasteiger partial charge in [-0.2, -0.15) is 0 Å². The van der Waals surface area contributed by atoms with Crippen molar-refractivity contribution in [3.63, 3.8) is 0 Å². The number of ether oxygens (including phenoxy) is 2. The van der Waals surface area contributed by atoms with Gasteiger partial charge in [-0.15, -0.1) is 0 Å². The van der Waals surface area contributed by atoms with Crippen molar-refractivity contribution in [2.75, 3.05) is 19.8 Å². The summed E-state index contributed by atoms with van der Waals surface area (Å²) in [5.41, 5.74) is 0.899. The van der Waals surface area contributed by atoms with E-state index in [0.29, 0.717) is 13.2 Å². The molecule has 2 unspecified atom stereocenters. The Morgan fingerprint density at radius 3 is 2.85 bits per heavy atom. The van der Waals surface area contributed by atoms with Crippen molar-refractivity contribution in [1.29, 1.82) is 0 Å². The van der Waals surface area contributed by atoms with E-state index in [1.54, 1.807) is 0 Å². The first-order valence-corrected chi connectivity index (χ1v) is 7.19. The fourth-order valence-corrected chi connectivity index (χ4v) is 2.60. The molecule has 0 spiro atoms. The van der Waals surface area contributed by atoms with E-state index >= 15 is 0 Å². The summed E-state index contributed by atoms with van der Waals surface area (Å²) in [6.07, 6.45) is 1.80. The average Bonchev–Trinajstić information content (AvgIpc) is 3.00. The number of benzene rings is 2. The molecule has 2 aromatic rings. The van der Waals surface area contributed by atoms with Crippen LogP contribution in [0, 0.1) is 0 Å². The largest absolute Gasteiger partial charge is 0.386 e. The SMILES string of the molecule is OC(COCC1CCCO1)c1ccc2ccccc2c1. The average molecular weight is 272 g/mol. The van der Waals surface area contributed by atoms with E-state index in [1.807, 2.05) is 30.3 Å². The Morgan fingerprint density at radius 2 is 2.05 bits per heavy atom. The fraction of sp³-hybridized carbons (Fsp3) is 0.412. The van der Waals surface area contributed by atoms with Gasteiger partial charge in [0.25, 0.3) is 0 Å². The van der Waals surface area contributed by atoms with E-state index in [4.69, 9.17) is 9.47 Å². The summed E-state index contributed by atoms with van der Waals surface area (Å²) in [5.74, 6) is 0. The molecule has 1 heterocycles. The highest BCUT2D eigenvalue weighted by atomic mass is 16.5. The number of hydrogen-bond acceptors (Lipinski definition) is 3. The molecule has 3 rings (SSSR count). The van der Waals surface area contributed by atoms with Gasteiger partial charge in [0.15, 0.2) is 0 Å². The molecule has 0 aromatic heterocycles. The zero-order chi connectivity index (χ0) is 13.8. The van der Waals surface area contributed by atoms with E-state index < -0.39 is 6.10 Å². The van der Waals surface area contributed by atoms with Crippen molar-refractivity contribution < 1.29 is 14.6 Å². The summed E-state index contributed by atoms with van der Waals surface area (Å²) >= 11 is 0. The van der Waals surface area contributed by atoms with E-state index in [-0.39, 0.29) is 6.10 Å². The van der Waals surface area contributed by atoms with Crippen LogP contribution in [0.4, 0.5) is 0 Å². The molecular formula is C17H20O3. The second-order valence-corrected chi connectivity index (χ2v) is 5.29. The molecule has 1 fully saturated rings. The first-order valence-electron chi connectivity index (χ1n) is 7.19. The van der Waals surface area contributed by atoms with E-state index in [0.717, 1.165) is 30.4 Å². The number of hydrogen-bond donors (Lipinski definition) is 1. The van der Waals surface area contributed by atoms with Crippen molar-refractivity contribution in [3.05, 3.63) is 48.0 Å². The highest BCUT2D eigenvalue weighted by Crippen LogP contribution is 2.21. The smallest absolute Gasteiger partial charge is 0.102 e. The summed E-state index contributed by atoms with van der Waals surface area (Å²) in [7, 11) is 0. The molecular weight excluding hydrogens is 252 g/mol. The molecule has 0 saturated carbocycles. The van der Waals surface area contributed by atoms with Crippen LogP contribution in [0.5, 0.6) is 0 Å². The fourth-order valence-electron chi connectivity index (χ4n) is 2.60. The molecule has 1 aliphatic heterocycles. The normalized spacial score (nSPS) is 20.4. The highest BCUT2D eigenvalue weighted by molar-refractivity contribution is 5.83. The number of rotatable bonds is 5. The lowest BCUT2D eigenvalue weighted by Gasteiger charge is -2.14. The van der Waals surface area contributed by atoms with Crippen molar-refractivity contribution in [3.8, 4) is 0 Å². The molecule has 3 nitrogen and oxygen atoms in total. The van der Waals surface area contributed by atoms with Crippen molar-refractivity contribution in [2.24, 2.45) is 0 Å². The van der Waals surface area contributed by atoms with Crippen LogP contribution in [-0.2, 0) is 9.47 Å². The predicted molar refractivity (Wildman–Crippen MR) is 78.7 cm³/mol. The Morgan fingerprint density at radius 1 is 1.20 bits per heavy atom. The van der Waals surface area contributed by atoms with Crippen LogP contribution < -0.4 is 0 Å². The van der Waals surface area contributed by atoms with Crippen LogP contribution in [0.2, 0.25) is 0 Å². The Hall–Kier alpha value is -1.42. The topological polar surface area (TPSA) is 38.7 Å². The van der Waals surface area contributed by atoms with Gasteiger partial charge in [-0.25, -0.2) is 0 Å². The lowest BCUT2D eigenvalue weighted by atomic mass is 10.0. The third kappa shape index (κ3) is 3.18. The van der Waals surface area contributed by atoms with Gasteiger partial charge < -0.3 is 14.6 Å². The molecule has 1 saturated heterocycles. The Balaban J connectivity index is 1.58. The van der Waals surface area contributed by atoms with Gasteiger partial charge in [-0.05, 0) is 35.2 Å². The summed E-state index contributed by atoms with van der Waals surface area (Å²) < 4.78 is 11.1. The second-order valence-electron chi connectivity index (χ2n) is 5.29. The minimum atomic E-state index is -0.582.